The number of rotatable bonds is 3. The standard InChI is InChI=1S/C16H8F4O4/c17-12-3-2-10(24-16(18,19)20)7-11(12)8-1-4-13-9(5-8)6-14(23-13)15(21)22/h1-7H,(H,21,22). The lowest BCUT2D eigenvalue weighted by molar-refractivity contribution is -0.274. The van der Waals surface area contributed by atoms with Crippen LogP contribution in [0.3, 0.4) is 0 Å². The lowest BCUT2D eigenvalue weighted by Gasteiger charge is -2.11. The minimum Gasteiger partial charge on any atom is -0.475 e. The number of ether oxygens (including phenoxy) is 1. The predicted octanol–water partition coefficient (Wildman–Crippen LogP) is 4.84. The summed E-state index contributed by atoms with van der Waals surface area (Å²) >= 11 is 0. The summed E-state index contributed by atoms with van der Waals surface area (Å²) < 4.78 is 59.7. The molecule has 24 heavy (non-hydrogen) atoms. The fraction of sp³-hybridized carbons (Fsp3) is 0.0625. The van der Waals surface area contributed by atoms with Crippen molar-refractivity contribution in [1.82, 2.24) is 0 Å². The fourth-order valence-electron chi connectivity index (χ4n) is 2.24. The van der Waals surface area contributed by atoms with Gasteiger partial charge in [0.25, 0.3) is 0 Å². The molecule has 0 fully saturated rings. The van der Waals surface area contributed by atoms with Crippen LogP contribution in [0.25, 0.3) is 22.1 Å². The maximum atomic E-state index is 14.0. The van der Waals surface area contributed by atoms with Gasteiger partial charge in [-0.3, -0.25) is 0 Å². The van der Waals surface area contributed by atoms with Crippen molar-refractivity contribution in [3.05, 3.63) is 54.0 Å². The number of carbonyl (C=O) groups is 1. The molecule has 0 aliphatic heterocycles. The molecule has 3 rings (SSSR count). The van der Waals surface area contributed by atoms with Gasteiger partial charge in [0.15, 0.2) is 0 Å². The van der Waals surface area contributed by atoms with Crippen LogP contribution in [0.5, 0.6) is 5.75 Å². The van der Waals surface area contributed by atoms with Gasteiger partial charge in [-0.15, -0.1) is 13.2 Å². The summed E-state index contributed by atoms with van der Waals surface area (Å²) in [4.78, 5) is 10.9. The highest BCUT2D eigenvalue weighted by Crippen LogP contribution is 2.32. The summed E-state index contributed by atoms with van der Waals surface area (Å²) in [5, 5.41) is 9.27. The SMILES string of the molecule is O=C(O)c1cc2cc(-c3cc(OC(F)(F)F)ccc3F)ccc2o1. The van der Waals surface area contributed by atoms with E-state index < -0.39 is 23.9 Å². The molecule has 1 N–H and O–H groups in total. The maximum Gasteiger partial charge on any atom is 0.573 e. The van der Waals surface area contributed by atoms with Crippen molar-refractivity contribution in [2.24, 2.45) is 0 Å². The third kappa shape index (κ3) is 3.17. The van der Waals surface area contributed by atoms with Gasteiger partial charge in [0.05, 0.1) is 0 Å². The quantitative estimate of drug-likeness (QED) is 0.694. The number of benzene rings is 2. The summed E-state index contributed by atoms with van der Waals surface area (Å²) in [5.74, 6) is -2.86. The molecule has 4 nitrogen and oxygen atoms in total. The maximum absolute atomic E-state index is 14.0. The Morgan fingerprint density at radius 2 is 1.83 bits per heavy atom. The summed E-state index contributed by atoms with van der Waals surface area (Å²) in [5.41, 5.74) is 0.404. The van der Waals surface area contributed by atoms with Gasteiger partial charge in [-0.2, -0.15) is 0 Å². The predicted molar refractivity (Wildman–Crippen MR) is 75.3 cm³/mol. The molecule has 0 bridgehead atoms. The molecule has 1 heterocycles. The summed E-state index contributed by atoms with van der Waals surface area (Å²) in [6.07, 6.45) is -4.89. The van der Waals surface area contributed by atoms with E-state index >= 15 is 0 Å². The number of halogens is 4. The number of hydrogen-bond donors (Lipinski definition) is 1. The molecule has 0 radical (unpaired) electrons. The van der Waals surface area contributed by atoms with Gasteiger partial charge in [0, 0.05) is 10.9 Å². The van der Waals surface area contributed by atoms with Crippen LogP contribution in [0, 0.1) is 5.82 Å². The zero-order chi connectivity index (χ0) is 17.5. The summed E-state index contributed by atoms with van der Waals surface area (Å²) in [6, 6.07) is 8.13. The van der Waals surface area contributed by atoms with Crippen molar-refractivity contribution in [1.29, 1.82) is 0 Å². The van der Waals surface area contributed by atoms with E-state index in [1.807, 2.05) is 0 Å². The highest BCUT2D eigenvalue weighted by molar-refractivity contribution is 5.93. The Hall–Kier alpha value is -3.03. The van der Waals surface area contributed by atoms with Crippen LogP contribution in [-0.2, 0) is 0 Å². The van der Waals surface area contributed by atoms with Crippen molar-refractivity contribution >= 4 is 16.9 Å². The Morgan fingerprint density at radius 3 is 2.50 bits per heavy atom. The van der Waals surface area contributed by atoms with E-state index in [2.05, 4.69) is 4.74 Å². The van der Waals surface area contributed by atoms with Gasteiger partial charge in [-0.1, -0.05) is 6.07 Å². The molecule has 1 aromatic heterocycles. The van der Waals surface area contributed by atoms with Crippen LogP contribution in [-0.4, -0.2) is 17.4 Å². The van der Waals surface area contributed by atoms with Crippen molar-refractivity contribution in [3.63, 3.8) is 0 Å². The first-order valence-corrected chi connectivity index (χ1v) is 6.55. The summed E-state index contributed by atoms with van der Waals surface area (Å²) in [7, 11) is 0. The Morgan fingerprint density at radius 1 is 1.08 bits per heavy atom. The van der Waals surface area contributed by atoms with Crippen molar-refractivity contribution in [3.8, 4) is 16.9 Å². The number of hydrogen-bond acceptors (Lipinski definition) is 3. The van der Waals surface area contributed by atoms with Crippen molar-refractivity contribution in [2.45, 2.75) is 6.36 Å². The van der Waals surface area contributed by atoms with E-state index in [1.54, 1.807) is 0 Å². The Balaban J connectivity index is 2.06. The molecular weight excluding hydrogens is 332 g/mol. The highest BCUT2D eigenvalue weighted by atomic mass is 19.4. The van der Waals surface area contributed by atoms with E-state index in [1.165, 1.54) is 24.3 Å². The molecule has 124 valence electrons. The van der Waals surface area contributed by atoms with Crippen LogP contribution in [0.4, 0.5) is 17.6 Å². The van der Waals surface area contributed by atoms with Gasteiger partial charge >= 0.3 is 12.3 Å². The van der Waals surface area contributed by atoms with Crippen LogP contribution >= 0.6 is 0 Å². The van der Waals surface area contributed by atoms with E-state index in [-0.39, 0.29) is 22.5 Å². The topological polar surface area (TPSA) is 59.7 Å². The Labute approximate surface area is 131 Å². The average Bonchev–Trinajstić information content (AvgIpc) is 2.91. The van der Waals surface area contributed by atoms with E-state index in [0.29, 0.717) is 5.39 Å². The van der Waals surface area contributed by atoms with Crippen LogP contribution in [0.1, 0.15) is 10.6 Å². The molecule has 0 spiro atoms. The van der Waals surface area contributed by atoms with Crippen LogP contribution in [0.2, 0.25) is 0 Å². The largest absolute Gasteiger partial charge is 0.573 e. The minimum atomic E-state index is -4.89. The highest BCUT2D eigenvalue weighted by Gasteiger charge is 2.31. The molecular formula is C16H8F4O4. The van der Waals surface area contributed by atoms with Gasteiger partial charge in [0.1, 0.15) is 17.1 Å². The molecule has 0 saturated heterocycles. The lowest BCUT2D eigenvalue weighted by Crippen LogP contribution is -2.17. The average molecular weight is 340 g/mol. The van der Waals surface area contributed by atoms with E-state index in [4.69, 9.17) is 9.52 Å². The first kappa shape index (κ1) is 15.9. The zero-order valence-electron chi connectivity index (χ0n) is 11.7. The number of carboxylic acid groups (broad SMARTS) is 1. The van der Waals surface area contributed by atoms with Crippen molar-refractivity contribution < 1.29 is 36.6 Å². The van der Waals surface area contributed by atoms with Gasteiger partial charge in [-0.25, -0.2) is 9.18 Å². The van der Waals surface area contributed by atoms with Crippen LogP contribution < -0.4 is 4.74 Å². The molecule has 0 unspecified atom stereocenters. The lowest BCUT2D eigenvalue weighted by atomic mass is 10.0. The molecule has 8 heteroatoms. The van der Waals surface area contributed by atoms with Crippen molar-refractivity contribution in [2.75, 3.05) is 0 Å². The second-order valence-electron chi connectivity index (χ2n) is 4.86. The second kappa shape index (κ2) is 5.55. The van der Waals surface area contributed by atoms with E-state index in [0.717, 1.165) is 18.2 Å². The Kier molecular flexibility index (Phi) is 3.67. The third-order valence-corrected chi connectivity index (χ3v) is 3.21. The summed E-state index contributed by atoms with van der Waals surface area (Å²) in [6.45, 7) is 0. The number of aromatic carboxylic acids is 1. The number of carboxylic acids is 1. The third-order valence-electron chi connectivity index (χ3n) is 3.21. The van der Waals surface area contributed by atoms with E-state index in [9.17, 15) is 22.4 Å². The molecule has 2 aromatic carbocycles. The number of furan rings is 1. The number of fused-ring (bicyclic) bond motifs is 1. The molecule has 0 aliphatic carbocycles. The minimum absolute atomic E-state index is 0.114. The monoisotopic (exact) mass is 340 g/mol. The second-order valence-corrected chi connectivity index (χ2v) is 4.86. The Bertz CT molecular complexity index is 927. The molecule has 0 aliphatic rings. The van der Waals surface area contributed by atoms with Gasteiger partial charge in [-0.05, 0) is 42.0 Å². The number of alkyl halides is 3. The molecule has 0 saturated carbocycles. The first-order chi connectivity index (χ1) is 11.2. The van der Waals surface area contributed by atoms with Gasteiger partial charge in [0.2, 0.25) is 5.76 Å². The normalized spacial score (nSPS) is 11.7. The fourth-order valence-corrected chi connectivity index (χ4v) is 2.24. The zero-order valence-corrected chi connectivity index (χ0v) is 11.7. The molecule has 0 atom stereocenters. The van der Waals surface area contributed by atoms with Gasteiger partial charge < -0.3 is 14.3 Å². The van der Waals surface area contributed by atoms with Crippen LogP contribution in [0.15, 0.2) is 46.9 Å². The smallest absolute Gasteiger partial charge is 0.475 e. The molecule has 3 aromatic rings. The molecule has 0 amide bonds. The first-order valence-electron chi connectivity index (χ1n) is 6.55.